The molecule has 0 atom stereocenters. The lowest BCUT2D eigenvalue weighted by Gasteiger charge is -2.13. The van der Waals surface area contributed by atoms with E-state index in [1.165, 1.54) is 37.6 Å². The molecule has 0 unspecified atom stereocenters. The van der Waals surface area contributed by atoms with Crippen molar-refractivity contribution < 1.29 is 13.9 Å². The summed E-state index contributed by atoms with van der Waals surface area (Å²) in [6.45, 7) is 1.48. The molecule has 0 radical (unpaired) electrons. The smallest absolute Gasteiger partial charge is 0.271 e. The third-order valence-electron chi connectivity index (χ3n) is 3.93. The Morgan fingerprint density at radius 3 is 2.77 bits per heavy atom. The van der Waals surface area contributed by atoms with Crippen LogP contribution in [-0.2, 0) is 6.54 Å². The van der Waals surface area contributed by atoms with Crippen molar-refractivity contribution in [2.45, 2.75) is 13.5 Å². The summed E-state index contributed by atoms with van der Waals surface area (Å²) in [7, 11) is 0. The van der Waals surface area contributed by atoms with Gasteiger partial charge >= 0.3 is 0 Å². The van der Waals surface area contributed by atoms with Crippen LogP contribution < -0.4 is 5.56 Å². The van der Waals surface area contributed by atoms with Crippen molar-refractivity contribution in [2.24, 2.45) is 4.99 Å². The summed E-state index contributed by atoms with van der Waals surface area (Å²) in [6.07, 6.45) is 2.68. The zero-order chi connectivity index (χ0) is 18.7. The van der Waals surface area contributed by atoms with Crippen molar-refractivity contribution >= 4 is 11.9 Å². The summed E-state index contributed by atoms with van der Waals surface area (Å²) < 4.78 is 20.0. The van der Waals surface area contributed by atoms with Crippen LogP contribution in [0, 0.1) is 24.1 Å². The van der Waals surface area contributed by atoms with Gasteiger partial charge in [0, 0.05) is 6.21 Å². The van der Waals surface area contributed by atoms with Gasteiger partial charge in [0.2, 0.25) is 5.88 Å². The number of aliphatic imine (C=N–C) groups is 1. The highest BCUT2D eigenvalue weighted by atomic mass is 19.1. The van der Waals surface area contributed by atoms with E-state index < -0.39 is 11.4 Å². The second-order valence-electron chi connectivity index (χ2n) is 5.53. The van der Waals surface area contributed by atoms with Crippen LogP contribution in [0.4, 0.5) is 10.1 Å². The van der Waals surface area contributed by atoms with E-state index in [9.17, 15) is 19.6 Å². The maximum atomic E-state index is 13.7. The molecule has 2 aromatic heterocycles. The number of hydrogen-bond donors (Lipinski definition) is 1. The minimum absolute atomic E-state index is 0.0484. The summed E-state index contributed by atoms with van der Waals surface area (Å²) in [5.74, 6) is -0.458. The Kier molecular flexibility index (Phi) is 4.67. The first-order valence-corrected chi connectivity index (χ1v) is 7.70. The molecular weight excluding hydrogens is 337 g/mol. The van der Waals surface area contributed by atoms with Gasteiger partial charge in [0.1, 0.15) is 23.2 Å². The van der Waals surface area contributed by atoms with Gasteiger partial charge in [0.15, 0.2) is 0 Å². The standard InChI is InChI=1S/C19H14FN3O3/c1-12-14(9-21)18(24)23(11-13-5-4-8-26-13)19(25)15(12)10-22-17-7-3-2-6-16(17)20/h2-8,10,25H,11H2,1H3. The van der Waals surface area contributed by atoms with Crippen LogP contribution in [-0.4, -0.2) is 15.9 Å². The molecule has 0 bridgehead atoms. The van der Waals surface area contributed by atoms with Gasteiger partial charge in [-0.1, -0.05) is 12.1 Å². The predicted molar refractivity (Wildman–Crippen MR) is 93.3 cm³/mol. The lowest BCUT2D eigenvalue weighted by atomic mass is 10.1. The van der Waals surface area contributed by atoms with Crippen LogP contribution >= 0.6 is 0 Å². The van der Waals surface area contributed by atoms with E-state index in [2.05, 4.69) is 4.99 Å². The number of furan rings is 1. The van der Waals surface area contributed by atoms with E-state index in [1.807, 2.05) is 6.07 Å². The molecule has 3 rings (SSSR count). The molecule has 0 fully saturated rings. The molecule has 0 spiro atoms. The third kappa shape index (κ3) is 3.13. The fourth-order valence-electron chi connectivity index (χ4n) is 2.52. The van der Waals surface area contributed by atoms with Crippen molar-refractivity contribution in [3.05, 3.63) is 81.3 Å². The quantitative estimate of drug-likeness (QED) is 0.730. The molecule has 2 heterocycles. The van der Waals surface area contributed by atoms with Crippen molar-refractivity contribution in [3.63, 3.8) is 0 Å². The van der Waals surface area contributed by atoms with E-state index in [1.54, 1.807) is 18.2 Å². The Morgan fingerprint density at radius 2 is 2.12 bits per heavy atom. The molecule has 0 saturated heterocycles. The van der Waals surface area contributed by atoms with E-state index >= 15 is 0 Å². The maximum Gasteiger partial charge on any atom is 0.271 e. The first-order valence-electron chi connectivity index (χ1n) is 7.70. The molecule has 26 heavy (non-hydrogen) atoms. The van der Waals surface area contributed by atoms with Crippen molar-refractivity contribution in [1.29, 1.82) is 5.26 Å². The molecule has 130 valence electrons. The first-order chi connectivity index (χ1) is 12.5. The van der Waals surface area contributed by atoms with Gasteiger partial charge in [0.05, 0.1) is 24.1 Å². The van der Waals surface area contributed by atoms with Gasteiger partial charge in [-0.05, 0) is 36.8 Å². The average molecular weight is 351 g/mol. The number of nitrogens with zero attached hydrogens (tertiary/aromatic N) is 3. The van der Waals surface area contributed by atoms with Crippen molar-refractivity contribution in [2.75, 3.05) is 0 Å². The van der Waals surface area contributed by atoms with Crippen molar-refractivity contribution in [3.8, 4) is 11.9 Å². The normalized spacial score (nSPS) is 11.0. The second-order valence-corrected chi connectivity index (χ2v) is 5.53. The number of pyridine rings is 1. The van der Waals surface area contributed by atoms with Crippen LogP contribution in [0.5, 0.6) is 5.88 Å². The lowest BCUT2D eigenvalue weighted by molar-refractivity contribution is 0.397. The first kappa shape index (κ1) is 17.2. The zero-order valence-corrected chi connectivity index (χ0v) is 13.8. The maximum absolute atomic E-state index is 13.7. The van der Waals surface area contributed by atoms with Gasteiger partial charge in [-0.2, -0.15) is 5.26 Å². The number of benzene rings is 1. The van der Waals surface area contributed by atoms with Crippen LogP contribution in [0.2, 0.25) is 0 Å². The fraction of sp³-hybridized carbons (Fsp3) is 0.105. The molecule has 0 aliphatic rings. The topological polar surface area (TPSA) is 91.5 Å². The van der Waals surface area contributed by atoms with Gasteiger partial charge in [-0.15, -0.1) is 0 Å². The summed E-state index contributed by atoms with van der Waals surface area (Å²) in [4.78, 5) is 16.5. The molecule has 3 aromatic rings. The summed E-state index contributed by atoms with van der Waals surface area (Å²) in [6, 6.07) is 11.0. The average Bonchev–Trinajstić information content (AvgIpc) is 3.14. The molecular formula is C19H14FN3O3. The largest absolute Gasteiger partial charge is 0.494 e. The highest BCUT2D eigenvalue weighted by molar-refractivity contribution is 5.87. The zero-order valence-electron chi connectivity index (χ0n) is 13.8. The predicted octanol–water partition coefficient (Wildman–Crippen LogP) is 3.27. The van der Waals surface area contributed by atoms with E-state index in [0.29, 0.717) is 5.76 Å². The van der Waals surface area contributed by atoms with Crippen LogP contribution in [0.15, 0.2) is 56.9 Å². The second kappa shape index (κ2) is 7.07. The van der Waals surface area contributed by atoms with E-state index in [-0.39, 0.29) is 34.8 Å². The Balaban J connectivity index is 2.14. The minimum atomic E-state index is -0.637. The fourth-order valence-corrected chi connectivity index (χ4v) is 2.52. The highest BCUT2D eigenvalue weighted by Crippen LogP contribution is 2.23. The Morgan fingerprint density at radius 1 is 1.35 bits per heavy atom. The number of hydrogen-bond acceptors (Lipinski definition) is 5. The molecule has 0 amide bonds. The molecule has 0 aliphatic heterocycles. The number of aromatic hydroxyl groups is 1. The number of para-hydroxylation sites is 1. The highest BCUT2D eigenvalue weighted by Gasteiger charge is 2.18. The lowest BCUT2D eigenvalue weighted by Crippen LogP contribution is -2.25. The SMILES string of the molecule is Cc1c(C=Nc2ccccc2F)c(O)n(Cc2ccco2)c(=O)c1C#N. The van der Waals surface area contributed by atoms with Crippen molar-refractivity contribution in [1.82, 2.24) is 4.57 Å². The summed E-state index contributed by atoms with van der Waals surface area (Å²) >= 11 is 0. The summed E-state index contributed by atoms with van der Waals surface area (Å²) in [5.41, 5.74) is -0.249. The monoisotopic (exact) mass is 351 g/mol. The third-order valence-corrected chi connectivity index (χ3v) is 3.93. The summed E-state index contributed by atoms with van der Waals surface area (Å²) in [5, 5.41) is 19.9. The molecule has 7 heteroatoms. The Hall–Kier alpha value is -3.66. The molecule has 1 aromatic carbocycles. The van der Waals surface area contributed by atoms with Crippen LogP contribution in [0.25, 0.3) is 0 Å². The number of halogens is 1. The minimum Gasteiger partial charge on any atom is -0.494 e. The number of rotatable bonds is 4. The Bertz CT molecular complexity index is 1080. The van der Waals surface area contributed by atoms with E-state index in [4.69, 9.17) is 4.42 Å². The number of aromatic nitrogens is 1. The number of nitriles is 1. The van der Waals surface area contributed by atoms with Gasteiger partial charge in [-0.25, -0.2) is 4.39 Å². The van der Waals surface area contributed by atoms with E-state index in [0.717, 1.165) is 4.57 Å². The molecule has 0 saturated carbocycles. The van der Waals surface area contributed by atoms with Gasteiger partial charge in [0.25, 0.3) is 5.56 Å². The van der Waals surface area contributed by atoms with Crippen LogP contribution in [0.1, 0.15) is 22.5 Å². The Labute approximate surface area is 148 Å². The molecule has 6 nitrogen and oxygen atoms in total. The van der Waals surface area contributed by atoms with Gasteiger partial charge < -0.3 is 9.52 Å². The van der Waals surface area contributed by atoms with Gasteiger partial charge in [-0.3, -0.25) is 14.4 Å². The molecule has 0 aliphatic carbocycles. The van der Waals surface area contributed by atoms with Crippen LogP contribution in [0.3, 0.4) is 0 Å². The molecule has 1 N–H and O–H groups in total.